The summed E-state index contributed by atoms with van der Waals surface area (Å²) in [7, 11) is 0. The van der Waals surface area contributed by atoms with Crippen molar-refractivity contribution in [2.45, 2.75) is 32.6 Å². The van der Waals surface area contributed by atoms with Crippen molar-refractivity contribution >= 4 is 11.6 Å². The molecule has 0 amide bonds. The molecule has 0 saturated heterocycles. The van der Waals surface area contributed by atoms with Gasteiger partial charge in [-0.3, -0.25) is 4.79 Å². The van der Waals surface area contributed by atoms with E-state index in [2.05, 4.69) is 0 Å². The second kappa shape index (κ2) is 8.23. The maximum atomic E-state index is 12.7. The third-order valence-corrected chi connectivity index (χ3v) is 4.50. The first-order chi connectivity index (χ1) is 12.4. The Morgan fingerprint density at radius 1 is 1.00 bits per heavy atom. The molecular formula is C22H20N2O2. The maximum absolute atomic E-state index is 12.7. The Labute approximate surface area is 153 Å². The van der Waals surface area contributed by atoms with Crippen LogP contribution in [0.3, 0.4) is 0 Å². The molecule has 4 heteroatoms. The number of nitriles is 2. The number of hydrogen-bond acceptors (Lipinski definition) is 4. The average molecular weight is 344 g/mol. The van der Waals surface area contributed by atoms with E-state index in [0.717, 1.165) is 5.56 Å². The summed E-state index contributed by atoms with van der Waals surface area (Å²) in [5.74, 6) is -1.07. The van der Waals surface area contributed by atoms with Gasteiger partial charge in [0.05, 0.1) is 12.1 Å². The van der Waals surface area contributed by atoms with Crippen LogP contribution < -0.4 is 0 Å². The summed E-state index contributed by atoms with van der Waals surface area (Å²) in [6, 6.07) is 20.1. The van der Waals surface area contributed by atoms with Gasteiger partial charge in [-0.25, -0.2) is 0 Å². The fourth-order valence-corrected chi connectivity index (χ4v) is 3.03. The molecule has 0 N–H and O–H groups in total. The molecule has 2 aromatic carbocycles. The number of hydrogen-bond donors (Lipinski definition) is 0. The molecule has 4 nitrogen and oxygen atoms in total. The van der Waals surface area contributed by atoms with E-state index in [9.17, 15) is 20.1 Å². The summed E-state index contributed by atoms with van der Waals surface area (Å²) in [5.41, 5.74) is 0.587. The van der Waals surface area contributed by atoms with Gasteiger partial charge in [-0.1, -0.05) is 60.2 Å². The van der Waals surface area contributed by atoms with E-state index < -0.39 is 11.3 Å². The minimum Gasteiger partial charge on any atom is -0.300 e. The van der Waals surface area contributed by atoms with Gasteiger partial charge in [0.1, 0.15) is 5.78 Å². The van der Waals surface area contributed by atoms with Crippen molar-refractivity contribution in [2.24, 2.45) is 5.41 Å². The zero-order valence-corrected chi connectivity index (χ0v) is 14.9. The first kappa shape index (κ1) is 19.1. The van der Waals surface area contributed by atoms with Gasteiger partial charge < -0.3 is 4.79 Å². The van der Waals surface area contributed by atoms with Crippen molar-refractivity contribution in [1.29, 1.82) is 10.5 Å². The van der Waals surface area contributed by atoms with Crippen molar-refractivity contribution in [3.8, 4) is 12.1 Å². The molecule has 0 aliphatic heterocycles. The fourth-order valence-electron chi connectivity index (χ4n) is 3.03. The number of carbonyl (C=O) groups is 2. The van der Waals surface area contributed by atoms with Crippen molar-refractivity contribution in [2.75, 3.05) is 0 Å². The van der Waals surface area contributed by atoms with Crippen LogP contribution in [0, 0.1) is 35.0 Å². The lowest BCUT2D eigenvalue weighted by Crippen LogP contribution is -2.30. The van der Waals surface area contributed by atoms with E-state index in [-0.39, 0.29) is 24.4 Å². The Balaban J connectivity index is 2.44. The molecule has 26 heavy (non-hydrogen) atoms. The lowest BCUT2D eigenvalue weighted by atomic mass is 9.68. The summed E-state index contributed by atoms with van der Waals surface area (Å²) in [4.78, 5) is 24.5. The molecule has 0 saturated carbocycles. The highest BCUT2D eigenvalue weighted by Gasteiger charge is 2.43. The van der Waals surface area contributed by atoms with Crippen LogP contribution >= 0.6 is 0 Å². The minimum atomic E-state index is -1.60. The van der Waals surface area contributed by atoms with Gasteiger partial charge in [0.25, 0.3) is 0 Å². The van der Waals surface area contributed by atoms with Gasteiger partial charge in [0.2, 0.25) is 0 Å². The zero-order valence-electron chi connectivity index (χ0n) is 14.9. The smallest absolute Gasteiger partial charge is 0.165 e. The SMILES string of the molecule is CC(=O)CC(c1ccccc1)C(C#N)(C#N)CC(=O)c1ccc(C)cc1. The molecule has 130 valence electrons. The first-order valence-electron chi connectivity index (χ1n) is 8.38. The second-order valence-electron chi connectivity index (χ2n) is 6.53. The monoisotopic (exact) mass is 344 g/mol. The van der Waals surface area contributed by atoms with Gasteiger partial charge in [-0.05, 0) is 19.4 Å². The molecule has 0 spiro atoms. The average Bonchev–Trinajstić information content (AvgIpc) is 2.65. The molecule has 0 aromatic heterocycles. The lowest BCUT2D eigenvalue weighted by Gasteiger charge is -2.28. The number of aryl methyl sites for hydroxylation is 1. The van der Waals surface area contributed by atoms with E-state index in [1.807, 2.05) is 37.3 Å². The molecule has 2 rings (SSSR count). The molecule has 0 fully saturated rings. The molecule has 0 aliphatic carbocycles. The Hall–Kier alpha value is -3.24. The molecule has 1 unspecified atom stereocenters. The normalized spacial score (nSPS) is 11.8. The molecule has 0 radical (unpaired) electrons. The molecule has 0 bridgehead atoms. The highest BCUT2D eigenvalue weighted by Crippen LogP contribution is 2.41. The van der Waals surface area contributed by atoms with Crippen LogP contribution in [0.1, 0.15) is 47.2 Å². The van der Waals surface area contributed by atoms with Crippen LogP contribution in [0.4, 0.5) is 0 Å². The third-order valence-electron chi connectivity index (χ3n) is 4.50. The minimum absolute atomic E-state index is 0.0340. The number of carbonyl (C=O) groups excluding carboxylic acids is 2. The maximum Gasteiger partial charge on any atom is 0.165 e. The van der Waals surface area contributed by atoms with E-state index in [1.165, 1.54) is 6.92 Å². The summed E-state index contributed by atoms with van der Waals surface area (Å²) in [5, 5.41) is 19.7. The van der Waals surface area contributed by atoms with Crippen LogP contribution in [0.15, 0.2) is 54.6 Å². The molecule has 0 aliphatic rings. The van der Waals surface area contributed by atoms with Crippen molar-refractivity contribution in [3.63, 3.8) is 0 Å². The van der Waals surface area contributed by atoms with Gasteiger partial charge in [0, 0.05) is 24.3 Å². The van der Waals surface area contributed by atoms with Crippen LogP contribution in [0.5, 0.6) is 0 Å². The van der Waals surface area contributed by atoms with Crippen molar-refractivity contribution in [1.82, 2.24) is 0 Å². The molecule has 1 atom stereocenters. The van der Waals surface area contributed by atoms with Gasteiger partial charge in [-0.15, -0.1) is 0 Å². The van der Waals surface area contributed by atoms with Gasteiger partial charge >= 0.3 is 0 Å². The Bertz CT molecular complexity index is 857. The highest BCUT2D eigenvalue weighted by molar-refractivity contribution is 5.97. The van der Waals surface area contributed by atoms with Gasteiger partial charge in [0.15, 0.2) is 11.2 Å². The lowest BCUT2D eigenvalue weighted by molar-refractivity contribution is -0.117. The largest absolute Gasteiger partial charge is 0.300 e. The van der Waals surface area contributed by atoms with E-state index in [1.54, 1.807) is 36.4 Å². The predicted octanol–water partition coefficient (Wildman–Crippen LogP) is 4.36. The van der Waals surface area contributed by atoms with E-state index >= 15 is 0 Å². The number of Topliss-reactive ketones (excluding diaryl/α,β-unsaturated/α-hetero) is 2. The van der Waals surface area contributed by atoms with Crippen molar-refractivity contribution < 1.29 is 9.59 Å². The summed E-state index contributed by atoms with van der Waals surface area (Å²) >= 11 is 0. The van der Waals surface area contributed by atoms with E-state index in [4.69, 9.17) is 0 Å². The van der Waals surface area contributed by atoms with Crippen LogP contribution in [0.25, 0.3) is 0 Å². The quantitative estimate of drug-likeness (QED) is 0.699. The number of nitrogens with zero attached hydrogens (tertiary/aromatic N) is 2. The Morgan fingerprint density at radius 2 is 1.58 bits per heavy atom. The molecule has 2 aromatic rings. The Morgan fingerprint density at radius 3 is 2.08 bits per heavy atom. The summed E-state index contributed by atoms with van der Waals surface area (Å²) in [6.07, 6.45) is -0.220. The van der Waals surface area contributed by atoms with Crippen LogP contribution in [-0.2, 0) is 4.79 Å². The summed E-state index contributed by atoms with van der Waals surface area (Å²) < 4.78 is 0. The topological polar surface area (TPSA) is 81.7 Å². The number of rotatable bonds is 7. The fraction of sp³-hybridized carbons (Fsp3) is 0.273. The number of ketones is 2. The Kier molecular flexibility index (Phi) is 6.04. The molecule has 0 heterocycles. The predicted molar refractivity (Wildman–Crippen MR) is 98.3 cm³/mol. The molecular weight excluding hydrogens is 324 g/mol. The van der Waals surface area contributed by atoms with Crippen LogP contribution in [0.2, 0.25) is 0 Å². The second-order valence-corrected chi connectivity index (χ2v) is 6.53. The summed E-state index contributed by atoms with van der Waals surface area (Å²) in [6.45, 7) is 3.35. The van der Waals surface area contributed by atoms with Gasteiger partial charge in [-0.2, -0.15) is 10.5 Å². The van der Waals surface area contributed by atoms with Crippen LogP contribution in [-0.4, -0.2) is 11.6 Å². The highest BCUT2D eigenvalue weighted by atomic mass is 16.1. The van der Waals surface area contributed by atoms with Crippen molar-refractivity contribution in [3.05, 3.63) is 71.3 Å². The van der Waals surface area contributed by atoms with E-state index in [0.29, 0.717) is 11.1 Å². The standard InChI is InChI=1S/C22H20N2O2/c1-16-8-10-19(11-9-16)21(26)13-22(14-23,15-24)20(12-17(2)25)18-6-4-3-5-7-18/h3-11,20H,12-13H2,1-2H3. The first-order valence-corrected chi connectivity index (χ1v) is 8.38. The zero-order chi connectivity index (χ0) is 19.2. The number of benzene rings is 2. The third kappa shape index (κ3) is 4.23.